The van der Waals surface area contributed by atoms with Gasteiger partial charge in [-0.15, -0.1) is 0 Å². The number of fused-ring (bicyclic) bond motifs is 5. The van der Waals surface area contributed by atoms with Crippen molar-refractivity contribution in [3.63, 3.8) is 0 Å². The average molecular weight is 441 g/mol. The second kappa shape index (κ2) is 7.48. The van der Waals surface area contributed by atoms with Crippen LogP contribution in [0.2, 0.25) is 0 Å². The van der Waals surface area contributed by atoms with Crippen molar-refractivity contribution >= 4 is 10.8 Å². The number of benzene rings is 1. The normalized spacial score (nSPS) is 19.8. The molecule has 0 spiro atoms. The first-order valence-corrected chi connectivity index (χ1v) is 12.6. The molecule has 6 rings (SSSR count). The van der Waals surface area contributed by atoms with E-state index in [1.165, 1.54) is 25.1 Å². The van der Waals surface area contributed by atoms with Gasteiger partial charge in [-0.2, -0.15) is 0 Å². The summed E-state index contributed by atoms with van der Waals surface area (Å²) in [5.74, 6) is 1.77. The summed E-state index contributed by atoms with van der Waals surface area (Å²) in [5, 5.41) is 0. The molecule has 0 amide bonds. The van der Waals surface area contributed by atoms with Crippen molar-refractivity contribution in [2.75, 3.05) is 6.26 Å². The van der Waals surface area contributed by atoms with Gasteiger partial charge in [0.25, 0.3) is 0 Å². The maximum Gasteiger partial charge on any atom is 0.115 e. The highest BCUT2D eigenvalue weighted by molar-refractivity contribution is 7.84. The summed E-state index contributed by atoms with van der Waals surface area (Å²) in [6.45, 7) is 2.02. The van der Waals surface area contributed by atoms with E-state index in [0.29, 0.717) is 12.0 Å². The van der Waals surface area contributed by atoms with Crippen LogP contribution in [0.5, 0.6) is 0 Å². The molecule has 160 valence electrons. The predicted octanol–water partition coefficient (Wildman–Crippen LogP) is 5.54. The Morgan fingerprint density at radius 2 is 1.81 bits per heavy atom. The molecule has 2 bridgehead atoms. The summed E-state index contributed by atoms with van der Waals surface area (Å²) in [5.41, 5.74) is 7.07. The molecule has 2 aliphatic rings. The molecule has 1 saturated carbocycles. The molecule has 5 nitrogen and oxygen atoms in total. The summed E-state index contributed by atoms with van der Waals surface area (Å²) in [6.07, 6.45) is 7.22. The lowest BCUT2D eigenvalue weighted by Gasteiger charge is -2.17. The minimum atomic E-state index is -0.989. The Labute approximate surface area is 190 Å². The van der Waals surface area contributed by atoms with Crippen molar-refractivity contribution in [3.8, 4) is 33.9 Å². The first-order valence-electron chi connectivity index (χ1n) is 11.0. The van der Waals surface area contributed by atoms with Gasteiger partial charge >= 0.3 is 0 Å². The van der Waals surface area contributed by atoms with Gasteiger partial charge in [-0.1, -0.05) is 18.2 Å². The van der Waals surface area contributed by atoms with Crippen LogP contribution in [0.25, 0.3) is 33.9 Å². The highest BCUT2D eigenvalue weighted by Gasteiger charge is 2.41. The molecule has 1 fully saturated rings. The molecule has 0 N–H and O–H groups in total. The van der Waals surface area contributed by atoms with E-state index in [4.69, 9.17) is 9.97 Å². The van der Waals surface area contributed by atoms with E-state index in [1.807, 2.05) is 43.5 Å². The van der Waals surface area contributed by atoms with Crippen LogP contribution >= 0.6 is 0 Å². The van der Waals surface area contributed by atoms with Crippen LogP contribution in [0.4, 0.5) is 0 Å². The summed E-state index contributed by atoms with van der Waals surface area (Å²) >= 11 is 0. The SMILES string of the molecule is Cc1cccc(-c2nc3n(c2-c2ccnc(-c4ccc(S(C)=O)cc4)c2)[C@@H]2CCC3C2)n1. The average Bonchev–Trinajstić information content (AvgIpc) is 3.52. The maximum absolute atomic E-state index is 11.7. The zero-order valence-electron chi connectivity index (χ0n) is 18.2. The van der Waals surface area contributed by atoms with Crippen LogP contribution in [0.3, 0.4) is 0 Å². The molecule has 1 aliphatic heterocycles. The number of aromatic nitrogens is 4. The van der Waals surface area contributed by atoms with Gasteiger partial charge in [-0.25, -0.2) is 4.98 Å². The largest absolute Gasteiger partial charge is 0.324 e. The first kappa shape index (κ1) is 19.6. The molecular weight excluding hydrogens is 416 g/mol. The number of rotatable bonds is 4. The van der Waals surface area contributed by atoms with E-state index in [-0.39, 0.29) is 0 Å². The zero-order chi connectivity index (χ0) is 21.8. The maximum atomic E-state index is 11.7. The molecule has 2 unspecified atom stereocenters. The quantitative estimate of drug-likeness (QED) is 0.418. The summed E-state index contributed by atoms with van der Waals surface area (Å²) in [4.78, 5) is 15.4. The van der Waals surface area contributed by atoms with Gasteiger partial charge in [0.2, 0.25) is 0 Å². The minimum absolute atomic E-state index is 0.520. The van der Waals surface area contributed by atoms with Gasteiger partial charge in [-0.05, 0) is 62.6 Å². The summed E-state index contributed by atoms with van der Waals surface area (Å²) in [6, 6.07) is 18.7. The lowest BCUT2D eigenvalue weighted by Crippen LogP contribution is -2.08. The second-order valence-electron chi connectivity index (χ2n) is 8.77. The van der Waals surface area contributed by atoms with Crippen molar-refractivity contribution in [3.05, 3.63) is 72.3 Å². The van der Waals surface area contributed by atoms with E-state index >= 15 is 0 Å². The van der Waals surface area contributed by atoms with Gasteiger partial charge in [0.15, 0.2) is 0 Å². The van der Waals surface area contributed by atoms with Gasteiger partial charge in [-0.3, -0.25) is 14.2 Å². The van der Waals surface area contributed by atoms with Crippen LogP contribution in [-0.4, -0.2) is 30.0 Å². The highest BCUT2D eigenvalue weighted by atomic mass is 32.2. The Morgan fingerprint density at radius 3 is 2.59 bits per heavy atom. The predicted molar refractivity (Wildman–Crippen MR) is 127 cm³/mol. The van der Waals surface area contributed by atoms with Gasteiger partial charge < -0.3 is 4.57 Å². The minimum Gasteiger partial charge on any atom is -0.324 e. The molecule has 32 heavy (non-hydrogen) atoms. The molecule has 4 heterocycles. The van der Waals surface area contributed by atoms with Crippen LogP contribution in [0, 0.1) is 6.92 Å². The van der Waals surface area contributed by atoms with Crippen LogP contribution < -0.4 is 0 Å². The zero-order valence-corrected chi connectivity index (χ0v) is 19.0. The van der Waals surface area contributed by atoms with Crippen LogP contribution in [0.1, 0.15) is 42.7 Å². The number of hydrogen-bond donors (Lipinski definition) is 0. The smallest absolute Gasteiger partial charge is 0.115 e. The molecule has 4 aromatic rings. The lowest BCUT2D eigenvalue weighted by atomic mass is 10.0. The molecular formula is C26H24N4OS. The van der Waals surface area contributed by atoms with E-state index in [9.17, 15) is 4.21 Å². The summed E-state index contributed by atoms with van der Waals surface area (Å²) < 4.78 is 14.2. The second-order valence-corrected chi connectivity index (χ2v) is 10.2. The number of aryl methyl sites for hydroxylation is 1. The molecule has 6 heteroatoms. The Morgan fingerprint density at radius 1 is 0.969 bits per heavy atom. The Balaban J connectivity index is 1.51. The third-order valence-corrected chi connectivity index (χ3v) is 7.66. The van der Waals surface area contributed by atoms with E-state index in [1.54, 1.807) is 6.26 Å². The fraction of sp³-hybridized carbons (Fsp3) is 0.269. The monoisotopic (exact) mass is 440 g/mol. The molecule has 3 aromatic heterocycles. The molecule has 1 aromatic carbocycles. The van der Waals surface area contributed by atoms with Crippen LogP contribution in [-0.2, 0) is 10.8 Å². The topological polar surface area (TPSA) is 60.7 Å². The molecule has 1 aliphatic carbocycles. The number of imidazole rings is 1. The number of nitrogens with zero attached hydrogens (tertiary/aromatic N) is 4. The first-order chi connectivity index (χ1) is 15.6. The lowest BCUT2D eigenvalue weighted by molar-refractivity contribution is 0.530. The molecule has 0 saturated heterocycles. The van der Waals surface area contributed by atoms with Crippen molar-refractivity contribution < 1.29 is 4.21 Å². The molecule has 0 radical (unpaired) electrons. The van der Waals surface area contributed by atoms with E-state index < -0.39 is 10.8 Å². The van der Waals surface area contributed by atoms with Gasteiger partial charge in [0.1, 0.15) is 11.5 Å². The van der Waals surface area contributed by atoms with Crippen molar-refractivity contribution in [1.82, 2.24) is 19.5 Å². The summed E-state index contributed by atoms with van der Waals surface area (Å²) in [7, 11) is -0.989. The van der Waals surface area contributed by atoms with Gasteiger partial charge in [0, 0.05) is 56.9 Å². The number of pyridine rings is 2. The molecule has 3 atom stereocenters. The Bertz CT molecular complexity index is 1360. The highest BCUT2D eigenvalue weighted by Crippen LogP contribution is 2.52. The van der Waals surface area contributed by atoms with E-state index in [0.717, 1.165) is 44.5 Å². The van der Waals surface area contributed by atoms with Crippen molar-refractivity contribution in [2.45, 2.75) is 43.0 Å². The van der Waals surface area contributed by atoms with Crippen LogP contribution in [0.15, 0.2) is 65.7 Å². The van der Waals surface area contributed by atoms with Gasteiger partial charge in [0.05, 0.1) is 17.1 Å². The Hall–Kier alpha value is -3.12. The number of hydrogen-bond acceptors (Lipinski definition) is 4. The third-order valence-electron chi connectivity index (χ3n) is 6.72. The standard InChI is InChI=1S/C26H24N4OS/c1-16-4-3-5-22(28-16)24-25(30-20-9-6-19(14-20)26(30)29-24)18-12-13-27-23(15-18)17-7-10-21(11-8-17)32(2)31/h3-5,7-8,10-13,15,19-20H,6,9,14H2,1-2H3/t19?,20-,32?/m1/s1. The van der Waals surface area contributed by atoms with Crippen molar-refractivity contribution in [2.24, 2.45) is 0 Å². The fourth-order valence-electron chi connectivity index (χ4n) is 5.22. The third kappa shape index (κ3) is 3.13. The fourth-order valence-corrected chi connectivity index (χ4v) is 5.74. The Kier molecular flexibility index (Phi) is 4.57. The van der Waals surface area contributed by atoms with E-state index in [2.05, 4.69) is 33.8 Å². The van der Waals surface area contributed by atoms with Crippen molar-refractivity contribution in [1.29, 1.82) is 0 Å².